The Morgan fingerprint density at radius 3 is 2.08 bits per heavy atom. The van der Waals surface area contributed by atoms with Crippen LogP contribution in [-0.4, -0.2) is 46.2 Å². The smallest absolute Gasteiger partial charge is 0.345 e. The van der Waals surface area contributed by atoms with Crippen molar-refractivity contribution >= 4 is 13.6 Å². The van der Waals surface area contributed by atoms with E-state index in [1.807, 2.05) is 0 Å². The first kappa shape index (κ1) is 20.5. The van der Waals surface area contributed by atoms with Crippen molar-refractivity contribution in [3.05, 3.63) is 23.8 Å². The molecule has 0 spiro atoms. The van der Waals surface area contributed by atoms with Crippen molar-refractivity contribution in [1.29, 1.82) is 0 Å². The highest BCUT2D eigenvalue weighted by Crippen LogP contribution is 2.54. The van der Waals surface area contributed by atoms with Gasteiger partial charge in [-0.2, -0.15) is 0 Å². The molecule has 0 heterocycles. The predicted octanol–water partition coefficient (Wildman–Crippen LogP) is 3.05. The molecule has 0 fully saturated rings. The van der Waals surface area contributed by atoms with Gasteiger partial charge in [0.25, 0.3) is 0 Å². The quantitative estimate of drug-likeness (QED) is 0.468. The number of ether oxygens (including phenoxy) is 3. The van der Waals surface area contributed by atoms with Gasteiger partial charge in [-0.05, 0) is 38.0 Å². The molecule has 1 aromatic rings. The van der Waals surface area contributed by atoms with Gasteiger partial charge in [-0.15, -0.1) is 0 Å². The molecular weight excluding hydrogens is 335 g/mol. The molecule has 0 aliphatic rings. The van der Waals surface area contributed by atoms with Crippen LogP contribution >= 0.6 is 7.60 Å². The number of carbonyl (C=O) groups is 1. The molecule has 0 N–H and O–H groups in total. The van der Waals surface area contributed by atoms with Crippen LogP contribution in [0.1, 0.15) is 19.4 Å². The zero-order chi connectivity index (χ0) is 18.2. The Balaban J connectivity index is 3.18. The summed E-state index contributed by atoms with van der Waals surface area (Å²) in [7, 11) is 0.639. The van der Waals surface area contributed by atoms with Crippen molar-refractivity contribution in [1.82, 2.24) is 0 Å². The van der Waals surface area contributed by atoms with Gasteiger partial charge in [-0.3, -0.25) is 9.36 Å². The van der Waals surface area contributed by atoms with E-state index >= 15 is 0 Å². The third-order valence-corrected chi connectivity index (χ3v) is 5.74. The Morgan fingerprint density at radius 1 is 1.04 bits per heavy atom. The Labute approximate surface area is 142 Å². The normalized spacial score (nSPS) is 12.5. The molecule has 0 aromatic heterocycles. The number of carbonyl (C=O) groups excluding carboxylic acids is 1. The molecule has 0 aliphatic heterocycles. The average Bonchev–Trinajstić information content (AvgIpc) is 2.59. The second-order valence-corrected chi connectivity index (χ2v) is 7.03. The van der Waals surface area contributed by atoms with Crippen LogP contribution < -0.4 is 9.47 Å². The standard InChI is InChI=1S/C16H25O7P/c1-6-22-24(18,23-7-2)15(16(17)21-5)11-12-8-9-13(19-3)14(10-12)20-4/h8-10,15H,6-7,11H2,1-5H3. The highest BCUT2D eigenvalue weighted by molar-refractivity contribution is 7.55. The summed E-state index contributed by atoms with van der Waals surface area (Å²) in [4.78, 5) is 12.2. The van der Waals surface area contributed by atoms with Gasteiger partial charge in [-0.1, -0.05) is 6.07 Å². The number of hydrogen-bond donors (Lipinski definition) is 0. The molecule has 7 nitrogen and oxygen atoms in total. The number of hydrogen-bond acceptors (Lipinski definition) is 7. The van der Waals surface area contributed by atoms with Crippen molar-refractivity contribution in [2.45, 2.75) is 25.9 Å². The summed E-state index contributed by atoms with van der Waals surface area (Å²) >= 11 is 0. The van der Waals surface area contributed by atoms with Crippen molar-refractivity contribution in [2.24, 2.45) is 0 Å². The molecule has 0 aliphatic carbocycles. The van der Waals surface area contributed by atoms with Crippen LogP contribution in [0.3, 0.4) is 0 Å². The van der Waals surface area contributed by atoms with Crippen molar-refractivity contribution in [3.8, 4) is 11.5 Å². The lowest BCUT2D eigenvalue weighted by Gasteiger charge is -2.24. The summed E-state index contributed by atoms with van der Waals surface area (Å²) < 4.78 is 38.8. The van der Waals surface area contributed by atoms with Gasteiger partial charge in [0.15, 0.2) is 17.2 Å². The monoisotopic (exact) mass is 360 g/mol. The summed E-state index contributed by atoms with van der Waals surface area (Å²) in [6, 6.07) is 5.20. The summed E-state index contributed by atoms with van der Waals surface area (Å²) in [6.07, 6.45) is 0.129. The topological polar surface area (TPSA) is 80.3 Å². The lowest BCUT2D eigenvalue weighted by molar-refractivity contribution is -0.140. The Kier molecular flexibility index (Phi) is 8.25. The Morgan fingerprint density at radius 2 is 1.62 bits per heavy atom. The summed E-state index contributed by atoms with van der Waals surface area (Å²) in [6.45, 7) is 3.71. The van der Waals surface area contributed by atoms with E-state index in [4.69, 9.17) is 23.3 Å². The minimum absolute atomic E-state index is 0.129. The molecule has 0 radical (unpaired) electrons. The Bertz CT molecular complexity index is 578. The van der Waals surface area contributed by atoms with Crippen LogP contribution in [0.15, 0.2) is 18.2 Å². The fraction of sp³-hybridized carbons (Fsp3) is 0.562. The lowest BCUT2D eigenvalue weighted by atomic mass is 10.1. The predicted molar refractivity (Wildman–Crippen MR) is 89.9 cm³/mol. The summed E-state index contributed by atoms with van der Waals surface area (Å²) in [5, 5.41) is 0. The van der Waals surface area contributed by atoms with E-state index in [0.717, 1.165) is 5.56 Å². The fourth-order valence-electron chi connectivity index (χ4n) is 2.27. The van der Waals surface area contributed by atoms with E-state index in [0.29, 0.717) is 11.5 Å². The van der Waals surface area contributed by atoms with Gasteiger partial charge in [0.1, 0.15) is 0 Å². The molecule has 1 rings (SSSR count). The largest absolute Gasteiger partial charge is 0.493 e. The number of benzene rings is 1. The summed E-state index contributed by atoms with van der Waals surface area (Å²) in [5.41, 5.74) is -0.330. The highest BCUT2D eigenvalue weighted by Gasteiger charge is 2.42. The first-order valence-corrected chi connectivity index (χ1v) is 9.24. The van der Waals surface area contributed by atoms with Crippen molar-refractivity contribution in [3.63, 3.8) is 0 Å². The molecule has 0 saturated carbocycles. The third-order valence-electron chi connectivity index (χ3n) is 3.35. The molecule has 8 heteroatoms. The molecule has 136 valence electrons. The lowest BCUT2D eigenvalue weighted by Crippen LogP contribution is -2.27. The van der Waals surface area contributed by atoms with Gasteiger partial charge < -0.3 is 23.3 Å². The van der Waals surface area contributed by atoms with Crippen molar-refractivity contribution in [2.75, 3.05) is 34.5 Å². The zero-order valence-electron chi connectivity index (χ0n) is 14.7. The number of esters is 1. The van der Waals surface area contributed by atoms with Gasteiger partial charge in [-0.25, -0.2) is 0 Å². The van der Waals surface area contributed by atoms with Gasteiger partial charge in [0, 0.05) is 0 Å². The van der Waals surface area contributed by atoms with Crippen LogP contribution in [0, 0.1) is 0 Å². The maximum atomic E-state index is 13.0. The second kappa shape index (κ2) is 9.67. The first-order valence-electron chi connectivity index (χ1n) is 7.63. The van der Waals surface area contributed by atoms with E-state index in [-0.39, 0.29) is 19.6 Å². The van der Waals surface area contributed by atoms with Crippen LogP contribution in [0.4, 0.5) is 0 Å². The minimum atomic E-state index is -3.66. The van der Waals surface area contributed by atoms with Gasteiger partial charge in [0.2, 0.25) is 0 Å². The minimum Gasteiger partial charge on any atom is -0.493 e. The van der Waals surface area contributed by atoms with E-state index in [9.17, 15) is 9.36 Å². The number of methoxy groups -OCH3 is 3. The molecule has 0 bridgehead atoms. The molecular formula is C16H25O7P. The first-order chi connectivity index (χ1) is 11.4. The van der Waals surface area contributed by atoms with E-state index in [1.54, 1.807) is 32.0 Å². The van der Waals surface area contributed by atoms with Crippen LogP contribution in [0.5, 0.6) is 11.5 Å². The maximum Gasteiger partial charge on any atom is 0.345 e. The van der Waals surface area contributed by atoms with E-state index in [2.05, 4.69) is 0 Å². The second-order valence-electron chi connectivity index (χ2n) is 4.81. The van der Waals surface area contributed by atoms with Gasteiger partial charge >= 0.3 is 13.6 Å². The fourth-order valence-corrected chi connectivity index (χ4v) is 4.22. The molecule has 24 heavy (non-hydrogen) atoms. The Hall–Kier alpha value is -1.56. The van der Waals surface area contributed by atoms with Crippen LogP contribution in [-0.2, 0) is 29.6 Å². The zero-order valence-corrected chi connectivity index (χ0v) is 15.6. The highest BCUT2D eigenvalue weighted by atomic mass is 31.2. The van der Waals surface area contributed by atoms with E-state index < -0.39 is 19.2 Å². The number of rotatable bonds is 10. The third kappa shape index (κ3) is 4.97. The van der Waals surface area contributed by atoms with E-state index in [1.165, 1.54) is 21.3 Å². The maximum absolute atomic E-state index is 13.0. The molecule has 0 amide bonds. The average molecular weight is 360 g/mol. The molecule has 0 saturated heterocycles. The van der Waals surface area contributed by atoms with Crippen molar-refractivity contribution < 1.29 is 32.6 Å². The molecule has 1 aromatic carbocycles. The SMILES string of the molecule is CCOP(=O)(OCC)C(Cc1ccc(OC)c(OC)c1)C(=O)OC. The molecule has 1 unspecified atom stereocenters. The van der Waals surface area contributed by atoms with Gasteiger partial charge in [0.05, 0.1) is 34.5 Å². The van der Waals surface area contributed by atoms with Crippen LogP contribution in [0.2, 0.25) is 0 Å². The van der Waals surface area contributed by atoms with Crippen LogP contribution in [0.25, 0.3) is 0 Å². The summed E-state index contributed by atoms with van der Waals surface area (Å²) in [5.74, 6) is 0.435. The molecule has 1 atom stereocenters.